The third-order valence-electron chi connectivity index (χ3n) is 6.24. The van der Waals surface area contributed by atoms with Gasteiger partial charge in [-0.2, -0.15) is 5.10 Å². The average molecular weight is 367 g/mol. The van der Waals surface area contributed by atoms with Gasteiger partial charge in [0.1, 0.15) is 5.69 Å². The molecule has 1 fully saturated rings. The van der Waals surface area contributed by atoms with Crippen LogP contribution in [0.5, 0.6) is 0 Å². The molecule has 0 spiro atoms. The summed E-state index contributed by atoms with van der Waals surface area (Å²) in [4.78, 5) is 12.6. The fourth-order valence-electron chi connectivity index (χ4n) is 4.53. The van der Waals surface area contributed by atoms with E-state index in [1.807, 2.05) is 16.9 Å². The predicted octanol–water partition coefficient (Wildman–Crippen LogP) is 3.39. The number of aromatic nitrogens is 2. The fraction of sp³-hybridized carbons (Fsp3) is 0.545. The van der Waals surface area contributed by atoms with Gasteiger partial charge < -0.3 is 10.6 Å². The first-order chi connectivity index (χ1) is 13.0. The minimum absolute atomic E-state index is 0.0696. The Morgan fingerprint density at radius 2 is 2.15 bits per heavy atom. The number of amides is 1. The van der Waals surface area contributed by atoms with Crippen LogP contribution in [0.15, 0.2) is 36.5 Å². The monoisotopic (exact) mass is 366 g/mol. The van der Waals surface area contributed by atoms with Crippen molar-refractivity contribution in [2.45, 2.75) is 56.9 Å². The number of nitrogens with zero attached hydrogens (tertiary/aromatic N) is 2. The number of benzene rings is 1. The molecule has 2 atom stereocenters. The highest BCUT2D eigenvalue weighted by Crippen LogP contribution is 2.42. The van der Waals surface area contributed by atoms with Crippen molar-refractivity contribution in [3.63, 3.8) is 0 Å². The first kappa shape index (κ1) is 18.2. The van der Waals surface area contributed by atoms with E-state index in [1.54, 1.807) is 0 Å². The van der Waals surface area contributed by atoms with Crippen molar-refractivity contribution in [2.24, 2.45) is 0 Å². The smallest absolute Gasteiger partial charge is 0.271 e. The topological polar surface area (TPSA) is 59.0 Å². The van der Waals surface area contributed by atoms with E-state index in [2.05, 4.69) is 53.8 Å². The number of piperidine rings is 1. The Labute approximate surface area is 161 Å². The lowest BCUT2D eigenvalue weighted by Gasteiger charge is -2.37. The fourth-order valence-corrected chi connectivity index (χ4v) is 4.53. The summed E-state index contributed by atoms with van der Waals surface area (Å²) in [6, 6.07) is 10.9. The normalized spacial score (nSPS) is 24.2. The standard InChI is InChI=1S/C22H30N4O/c1-22(2)11-9-16(18-7-3-4-8-19(18)22)14-24-21(27)20-10-13-26(25-20)17-6-5-12-23-15-17/h3-4,7-8,10,13,16-17,23H,5-6,9,11-12,14-15H2,1-2H3,(H,24,27). The second-order valence-corrected chi connectivity index (χ2v) is 8.60. The predicted molar refractivity (Wildman–Crippen MR) is 107 cm³/mol. The van der Waals surface area contributed by atoms with E-state index in [4.69, 9.17) is 0 Å². The van der Waals surface area contributed by atoms with Crippen LogP contribution in [0.2, 0.25) is 0 Å². The molecule has 5 nitrogen and oxygen atoms in total. The van der Waals surface area contributed by atoms with Gasteiger partial charge in [-0.3, -0.25) is 9.48 Å². The Bertz CT molecular complexity index is 804. The molecule has 1 aliphatic heterocycles. The average Bonchev–Trinajstić information content (AvgIpc) is 3.18. The Morgan fingerprint density at radius 1 is 1.30 bits per heavy atom. The van der Waals surface area contributed by atoms with Gasteiger partial charge in [-0.1, -0.05) is 38.1 Å². The number of nitrogens with one attached hydrogen (secondary N) is 2. The van der Waals surface area contributed by atoms with Gasteiger partial charge in [0.05, 0.1) is 6.04 Å². The highest BCUT2D eigenvalue weighted by molar-refractivity contribution is 5.92. The van der Waals surface area contributed by atoms with Crippen LogP contribution in [-0.2, 0) is 5.41 Å². The van der Waals surface area contributed by atoms with Crippen molar-refractivity contribution in [3.05, 3.63) is 53.3 Å². The summed E-state index contributed by atoms with van der Waals surface area (Å²) in [5.74, 6) is 0.308. The summed E-state index contributed by atoms with van der Waals surface area (Å²) in [6.07, 6.45) is 6.46. The number of carbonyl (C=O) groups is 1. The summed E-state index contributed by atoms with van der Waals surface area (Å²) in [5.41, 5.74) is 3.53. The summed E-state index contributed by atoms with van der Waals surface area (Å²) in [7, 11) is 0. The molecule has 1 aromatic heterocycles. The van der Waals surface area contributed by atoms with Gasteiger partial charge in [0.2, 0.25) is 0 Å². The maximum absolute atomic E-state index is 12.6. The molecule has 0 saturated carbocycles. The summed E-state index contributed by atoms with van der Waals surface area (Å²) >= 11 is 0. The Balaban J connectivity index is 1.40. The molecular formula is C22H30N4O. The van der Waals surface area contributed by atoms with Crippen molar-refractivity contribution in [2.75, 3.05) is 19.6 Å². The van der Waals surface area contributed by atoms with Gasteiger partial charge >= 0.3 is 0 Å². The van der Waals surface area contributed by atoms with Gasteiger partial charge in [0.15, 0.2) is 0 Å². The van der Waals surface area contributed by atoms with E-state index in [0.29, 0.717) is 24.2 Å². The van der Waals surface area contributed by atoms with E-state index in [-0.39, 0.29) is 11.3 Å². The van der Waals surface area contributed by atoms with Crippen molar-refractivity contribution in [1.29, 1.82) is 0 Å². The maximum atomic E-state index is 12.6. The van der Waals surface area contributed by atoms with Crippen LogP contribution in [0.1, 0.15) is 73.1 Å². The zero-order valence-electron chi connectivity index (χ0n) is 16.4. The molecule has 2 heterocycles. The molecule has 1 saturated heterocycles. The quantitative estimate of drug-likeness (QED) is 0.872. The number of hydrogen-bond donors (Lipinski definition) is 2. The lowest BCUT2D eigenvalue weighted by atomic mass is 9.69. The summed E-state index contributed by atoms with van der Waals surface area (Å²) in [5, 5.41) is 11.0. The lowest BCUT2D eigenvalue weighted by molar-refractivity contribution is 0.0943. The second kappa shape index (κ2) is 7.47. The second-order valence-electron chi connectivity index (χ2n) is 8.60. The molecule has 1 aliphatic carbocycles. The van der Waals surface area contributed by atoms with Crippen molar-refractivity contribution in [3.8, 4) is 0 Å². The van der Waals surface area contributed by atoms with Gasteiger partial charge in [0.25, 0.3) is 5.91 Å². The Hall–Kier alpha value is -2.14. The highest BCUT2D eigenvalue weighted by Gasteiger charge is 2.32. The molecule has 1 aromatic carbocycles. The summed E-state index contributed by atoms with van der Waals surface area (Å²) < 4.78 is 1.94. The van der Waals surface area contributed by atoms with Crippen LogP contribution < -0.4 is 10.6 Å². The lowest BCUT2D eigenvalue weighted by Crippen LogP contribution is -2.34. The third kappa shape index (κ3) is 3.79. The minimum atomic E-state index is -0.0696. The van der Waals surface area contributed by atoms with Crippen molar-refractivity contribution < 1.29 is 4.79 Å². The molecule has 0 bridgehead atoms. The molecule has 144 valence electrons. The Kier molecular flexibility index (Phi) is 5.04. The van der Waals surface area contributed by atoms with Crippen molar-refractivity contribution in [1.82, 2.24) is 20.4 Å². The first-order valence-corrected chi connectivity index (χ1v) is 10.2. The van der Waals surface area contributed by atoms with E-state index in [1.165, 1.54) is 11.1 Å². The zero-order valence-corrected chi connectivity index (χ0v) is 16.4. The SMILES string of the molecule is CC1(C)CCC(CNC(=O)c2ccn(C3CCCNC3)n2)c2ccccc21. The number of rotatable bonds is 4. The highest BCUT2D eigenvalue weighted by atomic mass is 16.1. The van der Waals surface area contributed by atoms with Crippen molar-refractivity contribution >= 4 is 5.91 Å². The largest absolute Gasteiger partial charge is 0.350 e. The molecule has 27 heavy (non-hydrogen) atoms. The van der Waals surface area contributed by atoms with E-state index >= 15 is 0 Å². The molecule has 5 heteroatoms. The van der Waals surface area contributed by atoms with Gasteiger partial charge in [-0.15, -0.1) is 0 Å². The maximum Gasteiger partial charge on any atom is 0.271 e. The Morgan fingerprint density at radius 3 is 2.96 bits per heavy atom. The van der Waals surface area contributed by atoms with Gasteiger partial charge in [-0.05, 0) is 54.8 Å². The first-order valence-electron chi connectivity index (χ1n) is 10.2. The molecule has 1 amide bonds. The van der Waals surface area contributed by atoms with E-state index in [0.717, 1.165) is 38.8 Å². The molecular weight excluding hydrogens is 336 g/mol. The molecule has 2 aromatic rings. The van der Waals surface area contributed by atoms with Crippen LogP contribution in [0.25, 0.3) is 0 Å². The molecule has 4 rings (SSSR count). The molecule has 2 N–H and O–H groups in total. The zero-order chi connectivity index (χ0) is 18.9. The minimum Gasteiger partial charge on any atom is -0.350 e. The molecule has 2 unspecified atom stereocenters. The molecule has 2 aliphatic rings. The number of carbonyl (C=O) groups excluding carboxylic acids is 1. The van der Waals surface area contributed by atoms with Gasteiger partial charge in [0, 0.05) is 25.2 Å². The van der Waals surface area contributed by atoms with Gasteiger partial charge in [-0.25, -0.2) is 0 Å². The van der Waals surface area contributed by atoms with Crippen LogP contribution in [0, 0.1) is 0 Å². The van der Waals surface area contributed by atoms with Crippen LogP contribution in [0.3, 0.4) is 0 Å². The van der Waals surface area contributed by atoms with E-state index in [9.17, 15) is 4.79 Å². The van der Waals surface area contributed by atoms with Crippen LogP contribution in [-0.4, -0.2) is 35.3 Å². The third-order valence-corrected chi connectivity index (χ3v) is 6.24. The number of fused-ring (bicyclic) bond motifs is 1. The molecule has 0 radical (unpaired) electrons. The van der Waals surface area contributed by atoms with Crippen LogP contribution >= 0.6 is 0 Å². The van der Waals surface area contributed by atoms with E-state index < -0.39 is 0 Å². The summed E-state index contributed by atoms with van der Waals surface area (Å²) in [6.45, 7) is 7.30. The number of hydrogen-bond acceptors (Lipinski definition) is 3. The van der Waals surface area contributed by atoms with Crippen LogP contribution in [0.4, 0.5) is 0 Å².